The zero-order valence-corrected chi connectivity index (χ0v) is 20.3. The van der Waals surface area contributed by atoms with Gasteiger partial charge in [-0.1, -0.05) is 78.7 Å². The number of tetrazole rings is 1. The molecule has 3 heterocycles. The largest absolute Gasteiger partial charge is 0.313 e. The van der Waals surface area contributed by atoms with Crippen LogP contribution in [0.4, 0.5) is 0 Å². The van der Waals surface area contributed by atoms with E-state index in [2.05, 4.69) is 57.9 Å². The first kappa shape index (κ1) is 22.8. The summed E-state index contributed by atoms with van der Waals surface area (Å²) in [5, 5.41) is 25.3. The second-order valence-electron chi connectivity index (χ2n) is 7.94. The molecule has 5 rings (SSSR count). The molecule has 0 amide bonds. The lowest BCUT2D eigenvalue weighted by Gasteiger charge is -2.11. The van der Waals surface area contributed by atoms with Crippen molar-refractivity contribution in [2.45, 2.75) is 26.3 Å². The molecule has 0 aliphatic carbocycles. The molecule has 8 nitrogen and oxygen atoms in total. The maximum absolute atomic E-state index is 10.0. The highest BCUT2D eigenvalue weighted by Crippen LogP contribution is 2.31. The van der Waals surface area contributed by atoms with Crippen molar-refractivity contribution in [2.24, 2.45) is 0 Å². The number of H-pyrrole nitrogens is 1. The molecule has 0 fully saturated rings. The number of aromatic amines is 1. The first-order chi connectivity index (χ1) is 17.1. The minimum atomic E-state index is 0.406. The Balaban J connectivity index is 1.51. The quantitative estimate of drug-likeness (QED) is 0.307. The van der Waals surface area contributed by atoms with Crippen molar-refractivity contribution in [3.8, 4) is 34.4 Å². The van der Waals surface area contributed by atoms with E-state index in [1.54, 1.807) is 16.7 Å². The van der Waals surface area contributed by atoms with Gasteiger partial charge in [0.1, 0.15) is 22.2 Å². The summed E-state index contributed by atoms with van der Waals surface area (Å²) >= 11 is 12.7. The van der Waals surface area contributed by atoms with E-state index in [1.165, 1.54) is 0 Å². The molecule has 0 saturated carbocycles. The normalized spacial score (nSPS) is 11.0. The average molecular weight is 503 g/mol. The van der Waals surface area contributed by atoms with Crippen molar-refractivity contribution in [1.29, 1.82) is 5.26 Å². The van der Waals surface area contributed by atoms with Gasteiger partial charge in [-0.05, 0) is 40.5 Å². The SMILES string of the molecule is CCCc1nc(-n2c(Cl)ccc2Cl)c(C#N)n1Cc1ccc(-c2ccccc2-c2nn[nH]n2)cc1. The van der Waals surface area contributed by atoms with Crippen molar-refractivity contribution in [3.05, 3.63) is 88.1 Å². The number of hydrogen-bond donors (Lipinski definition) is 1. The number of rotatable bonds is 7. The van der Waals surface area contributed by atoms with Crippen LogP contribution in [0.2, 0.25) is 10.3 Å². The van der Waals surface area contributed by atoms with Crippen LogP contribution in [0.3, 0.4) is 0 Å². The highest BCUT2D eigenvalue weighted by Gasteiger charge is 2.21. The molecule has 1 N–H and O–H groups in total. The number of aryl methyl sites for hydroxylation is 1. The molecule has 0 radical (unpaired) electrons. The molecule has 0 saturated heterocycles. The van der Waals surface area contributed by atoms with Gasteiger partial charge in [0, 0.05) is 12.0 Å². The van der Waals surface area contributed by atoms with E-state index in [9.17, 15) is 5.26 Å². The summed E-state index contributed by atoms with van der Waals surface area (Å²) in [6.45, 7) is 2.57. The summed E-state index contributed by atoms with van der Waals surface area (Å²) in [5.41, 5.74) is 4.38. The van der Waals surface area contributed by atoms with Gasteiger partial charge in [0.25, 0.3) is 0 Å². The Morgan fingerprint density at radius 3 is 2.31 bits per heavy atom. The van der Waals surface area contributed by atoms with Gasteiger partial charge in [-0.3, -0.25) is 4.57 Å². The number of hydrogen-bond acceptors (Lipinski definition) is 5. The molecule has 35 heavy (non-hydrogen) atoms. The van der Waals surface area contributed by atoms with Crippen molar-refractivity contribution < 1.29 is 0 Å². The Morgan fingerprint density at radius 1 is 0.971 bits per heavy atom. The maximum Gasteiger partial charge on any atom is 0.205 e. The number of benzene rings is 2. The third-order valence-corrected chi connectivity index (χ3v) is 6.31. The number of nitrogens with zero attached hydrogens (tertiary/aromatic N) is 7. The van der Waals surface area contributed by atoms with Crippen LogP contribution >= 0.6 is 23.2 Å². The Morgan fingerprint density at radius 2 is 1.69 bits per heavy atom. The predicted octanol–water partition coefficient (Wildman–Crippen LogP) is 5.70. The molecule has 10 heteroatoms. The molecule has 3 aromatic heterocycles. The summed E-state index contributed by atoms with van der Waals surface area (Å²) in [7, 11) is 0. The van der Waals surface area contributed by atoms with E-state index in [0.29, 0.717) is 34.2 Å². The summed E-state index contributed by atoms with van der Waals surface area (Å²) < 4.78 is 3.53. The van der Waals surface area contributed by atoms with Crippen LogP contribution in [-0.2, 0) is 13.0 Å². The lowest BCUT2D eigenvalue weighted by atomic mass is 9.98. The molecule has 2 aromatic carbocycles. The summed E-state index contributed by atoms with van der Waals surface area (Å²) in [4.78, 5) is 4.75. The van der Waals surface area contributed by atoms with E-state index in [4.69, 9.17) is 28.2 Å². The summed E-state index contributed by atoms with van der Waals surface area (Å²) in [6.07, 6.45) is 1.61. The van der Waals surface area contributed by atoms with E-state index in [1.807, 2.05) is 28.8 Å². The van der Waals surface area contributed by atoms with Gasteiger partial charge in [-0.15, -0.1) is 10.2 Å². The van der Waals surface area contributed by atoms with Crippen LogP contribution in [0.1, 0.15) is 30.4 Å². The monoisotopic (exact) mass is 502 g/mol. The van der Waals surface area contributed by atoms with E-state index >= 15 is 0 Å². The molecule has 0 spiro atoms. The lowest BCUT2D eigenvalue weighted by Crippen LogP contribution is -2.08. The van der Waals surface area contributed by atoms with Gasteiger partial charge in [-0.2, -0.15) is 10.5 Å². The Labute approximate surface area is 211 Å². The van der Waals surface area contributed by atoms with E-state index in [-0.39, 0.29) is 0 Å². The van der Waals surface area contributed by atoms with Crippen molar-refractivity contribution in [3.63, 3.8) is 0 Å². The molecule has 0 unspecified atom stereocenters. The fraction of sp³-hybridized carbons (Fsp3) is 0.160. The van der Waals surface area contributed by atoms with Gasteiger partial charge in [0.15, 0.2) is 11.5 Å². The van der Waals surface area contributed by atoms with E-state index < -0.39 is 0 Å². The minimum absolute atomic E-state index is 0.406. The second kappa shape index (κ2) is 9.74. The number of halogens is 2. The summed E-state index contributed by atoms with van der Waals surface area (Å²) in [6, 6.07) is 21.8. The van der Waals surface area contributed by atoms with E-state index in [0.717, 1.165) is 40.9 Å². The molecule has 5 aromatic rings. The number of nitrogens with one attached hydrogen (secondary N) is 1. The zero-order valence-electron chi connectivity index (χ0n) is 18.8. The fourth-order valence-corrected chi connectivity index (χ4v) is 4.62. The van der Waals surface area contributed by atoms with Gasteiger partial charge in [0.05, 0.1) is 6.54 Å². The Kier molecular flexibility index (Phi) is 6.36. The van der Waals surface area contributed by atoms with Crippen LogP contribution in [0.25, 0.3) is 28.3 Å². The van der Waals surface area contributed by atoms with Crippen LogP contribution < -0.4 is 0 Å². The second-order valence-corrected chi connectivity index (χ2v) is 8.71. The molecular weight excluding hydrogens is 483 g/mol. The van der Waals surface area contributed by atoms with Crippen molar-refractivity contribution in [1.82, 2.24) is 34.7 Å². The minimum Gasteiger partial charge on any atom is -0.313 e. The van der Waals surface area contributed by atoms with Crippen LogP contribution in [0.5, 0.6) is 0 Å². The topological polar surface area (TPSA) is 101 Å². The Bertz CT molecular complexity index is 1490. The molecular formula is C25H20Cl2N8. The van der Waals surface area contributed by atoms with Crippen molar-refractivity contribution >= 4 is 23.2 Å². The fourth-order valence-electron chi connectivity index (χ4n) is 4.11. The average Bonchev–Trinajstić information content (AvgIpc) is 3.60. The molecule has 0 aliphatic heterocycles. The predicted molar refractivity (Wildman–Crippen MR) is 134 cm³/mol. The molecule has 0 bridgehead atoms. The molecule has 174 valence electrons. The van der Waals surface area contributed by atoms with Crippen LogP contribution in [0, 0.1) is 11.3 Å². The third kappa shape index (κ3) is 4.32. The van der Waals surface area contributed by atoms with Crippen LogP contribution in [0.15, 0.2) is 60.7 Å². The van der Waals surface area contributed by atoms with Gasteiger partial charge < -0.3 is 4.57 Å². The maximum atomic E-state index is 10.0. The molecule has 0 aliphatic rings. The first-order valence-electron chi connectivity index (χ1n) is 11.1. The van der Waals surface area contributed by atoms with Gasteiger partial charge >= 0.3 is 0 Å². The van der Waals surface area contributed by atoms with Gasteiger partial charge in [0.2, 0.25) is 5.82 Å². The smallest absolute Gasteiger partial charge is 0.205 e. The molecule has 0 atom stereocenters. The van der Waals surface area contributed by atoms with Crippen molar-refractivity contribution in [2.75, 3.05) is 0 Å². The lowest BCUT2D eigenvalue weighted by molar-refractivity contribution is 0.699. The van der Waals surface area contributed by atoms with Crippen LogP contribution in [-0.4, -0.2) is 34.7 Å². The standard InChI is InChI=1S/C25H20Cl2N8/c1-2-5-23-29-25(35-21(26)12-13-22(35)27)20(14-28)34(23)15-16-8-10-17(11-9-16)18-6-3-4-7-19(18)24-30-32-33-31-24/h3-4,6-13H,2,5,15H2,1H3,(H,30,31,32,33). The highest BCUT2D eigenvalue weighted by atomic mass is 35.5. The number of imidazole rings is 1. The Hall–Kier alpha value is -3.93. The summed E-state index contributed by atoms with van der Waals surface area (Å²) in [5.74, 6) is 1.80. The van der Waals surface area contributed by atoms with Gasteiger partial charge in [-0.25, -0.2) is 4.98 Å². The number of nitriles is 1. The zero-order chi connectivity index (χ0) is 24.4. The third-order valence-electron chi connectivity index (χ3n) is 5.72. The number of aromatic nitrogens is 7. The highest BCUT2D eigenvalue weighted by molar-refractivity contribution is 6.33. The first-order valence-corrected chi connectivity index (χ1v) is 11.8.